The lowest BCUT2D eigenvalue weighted by molar-refractivity contribution is 0.00536. The van der Waals surface area contributed by atoms with Crippen LogP contribution in [0.4, 0.5) is 0 Å². The monoisotopic (exact) mass is 318 g/mol. The molecule has 5 heteroatoms. The Morgan fingerprint density at radius 3 is 1.86 bits per heavy atom. The molecule has 0 fully saturated rings. The Hall–Kier alpha value is -2.33. The Morgan fingerprint density at radius 1 is 0.864 bits per heavy atom. The summed E-state index contributed by atoms with van der Waals surface area (Å²) >= 11 is 5.76. The molecule has 0 saturated carbocycles. The maximum atomic E-state index is 11.9. The molecule has 0 N–H and O–H groups in total. The first-order chi connectivity index (χ1) is 10.7. The summed E-state index contributed by atoms with van der Waals surface area (Å²) < 4.78 is 10.3. The van der Waals surface area contributed by atoms with Crippen LogP contribution in [0.3, 0.4) is 0 Å². The molecule has 0 bridgehead atoms. The number of hydrogen-bond acceptors (Lipinski definition) is 4. The van der Waals surface area contributed by atoms with E-state index in [9.17, 15) is 9.59 Å². The molecular formula is C17H15ClO4. The van der Waals surface area contributed by atoms with Crippen LogP contribution in [0.25, 0.3) is 0 Å². The van der Waals surface area contributed by atoms with Crippen molar-refractivity contribution in [2.45, 2.75) is 6.10 Å². The van der Waals surface area contributed by atoms with E-state index in [4.69, 9.17) is 21.1 Å². The Bertz CT molecular complexity index is 613. The van der Waals surface area contributed by atoms with E-state index in [0.717, 1.165) is 0 Å². The lowest BCUT2D eigenvalue weighted by Crippen LogP contribution is -2.26. The molecule has 0 spiro atoms. The van der Waals surface area contributed by atoms with E-state index >= 15 is 0 Å². The van der Waals surface area contributed by atoms with Gasteiger partial charge in [0.05, 0.1) is 17.0 Å². The first kappa shape index (κ1) is 16.0. The minimum absolute atomic E-state index is 0.0423. The second-order valence-electron chi connectivity index (χ2n) is 4.51. The lowest BCUT2D eigenvalue weighted by Gasteiger charge is -2.15. The second-order valence-corrected chi connectivity index (χ2v) is 4.82. The molecule has 2 aromatic rings. The van der Waals surface area contributed by atoms with Gasteiger partial charge in [-0.1, -0.05) is 36.4 Å². The first-order valence-corrected chi connectivity index (χ1v) is 7.28. The van der Waals surface area contributed by atoms with Crippen molar-refractivity contribution in [3.05, 3.63) is 71.8 Å². The molecule has 2 rings (SSSR count). The van der Waals surface area contributed by atoms with E-state index < -0.39 is 18.0 Å². The van der Waals surface area contributed by atoms with Crippen LogP contribution < -0.4 is 0 Å². The van der Waals surface area contributed by atoms with E-state index in [1.165, 1.54) is 0 Å². The second kappa shape index (κ2) is 8.20. The Balaban J connectivity index is 1.87. The van der Waals surface area contributed by atoms with Gasteiger partial charge in [0.15, 0.2) is 0 Å². The van der Waals surface area contributed by atoms with Crippen LogP contribution in [-0.4, -0.2) is 30.5 Å². The van der Waals surface area contributed by atoms with Crippen molar-refractivity contribution < 1.29 is 19.1 Å². The van der Waals surface area contributed by atoms with Gasteiger partial charge in [-0.2, -0.15) is 0 Å². The molecule has 0 radical (unpaired) electrons. The number of rotatable bonds is 6. The smallest absolute Gasteiger partial charge is 0.338 e. The fraction of sp³-hybridized carbons (Fsp3) is 0.176. The fourth-order valence-electron chi connectivity index (χ4n) is 1.73. The van der Waals surface area contributed by atoms with Crippen molar-refractivity contribution in [2.24, 2.45) is 0 Å². The van der Waals surface area contributed by atoms with E-state index in [1.54, 1.807) is 60.7 Å². The summed E-state index contributed by atoms with van der Waals surface area (Å²) in [6, 6.07) is 17.1. The van der Waals surface area contributed by atoms with Crippen LogP contribution in [0.2, 0.25) is 0 Å². The third-order valence-electron chi connectivity index (χ3n) is 2.87. The highest BCUT2D eigenvalue weighted by Crippen LogP contribution is 2.07. The quantitative estimate of drug-likeness (QED) is 0.605. The normalized spacial score (nSPS) is 11.5. The third kappa shape index (κ3) is 4.60. The van der Waals surface area contributed by atoms with Crippen molar-refractivity contribution in [1.29, 1.82) is 0 Å². The molecule has 22 heavy (non-hydrogen) atoms. The topological polar surface area (TPSA) is 52.6 Å². The maximum Gasteiger partial charge on any atom is 0.338 e. The molecule has 0 aromatic heterocycles. The first-order valence-electron chi connectivity index (χ1n) is 6.75. The number of benzene rings is 2. The summed E-state index contributed by atoms with van der Waals surface area (Å²) in [5.41, 5.74) is 0.859. The average molecular weight is 319 g/mol. The number of ether oxygens (including phenoxy) is 2. The molecule has 0 aliphatic rings. The molecule has 2 aromatic carbocycles. The lowest BCUT2D eigenvalue weighted by atomic mass is 10.2. The molecule has 0 unspecified atom stereocenters. The zero-order valence-corrected chi connectivity index (χ0v) is 12.5. The highest BCUT2D eigenvalue weighted by atomic mass is 35.5. The predicted molar refractivity (Wildman–Crippen MR) is 83.1 cm³/mol. The summed E-state index contributed by atoms with van der Waals surface area (Å²) in [6.07, 6.45) is -0.693. The number of carbonyl (C=O) groups excluding carboxylic acids is 2. The average Bonchev–Trinajstić information content (AvgIpc) is 2.59. The minimum Gasteiger partial charge on any atom is -0.458 e. The van der Waals surface area contributed by atoms with E-state index in [0.29, 0.717) is 11.1 Å². The summed E-state index contributed by atoms with van der Waals surface area (Å²) in [6.45, 7) is -0.0875. The summed E-state index contributed by atoms with van der Waals surface area (Å²) in [5, 5.41) is 0. The van der Waals surface area contributed by atoms with Crippen molar-refractivity contribution in [2.75, 3.05) is 12.5 Å². The van der Waals surface area contributed by atoms with Gasteiger partial charge in [0, 0.05) is 0 Å². The van der Waals surface area contributed by atoms with Gasteiger partial charge in [-0.05, 0) is 24.3 Å². The van der Waals surface area contributed by atoms with Crippen molar-refractivity contribution >= 4 is 23.5 Å². The van der Waals surface area contributed by atoms with Crippen molar-refractivity contribution in [3.63, 3.8) is 0 Å². The molecule has 0 heterocycles. The molecule has 0 aliphatic carbocycles. The van der Waals surface area contributed by atoms with Crippen LogP contribution in [0, 0.1) is 0 Å². The van der Waals surface area contributed by atoms with Crippen LogP contribution in [-0.2, 0) is 9.47 Å². The fourth-order valence-corrected chi connectivity index (χ4v) is 1.88. The number of esters is 2. The summed E-state index contributed by atoms with van der Waals surface area (Å²) in [7, 11) is 0. The van der Waals surface area contributed by atoms with Gasteiger partial charge in [0.25, 0.3) is 0 Å². The van der Waals surface area contributed by atoms with Gasteiger partial charge >= 0.3 is 11.9 Å². The number of carbonyl (C=O) groups is 2. The molecule has 0 aliphatic heterocycles. The molecular weight excluding hydrogens is 304 g/mol. The zero-order valence-electron chi connectivity index (χ0n) is 11.8. The Kier molecular flexibility index (Phi) is 5.98. The molecule has 114 valence electrons. The van der Waals surface area contributed by atoms with Crippen LogP contribution in [0.5, 0.6) is 0 Å². The zero-order chi connectivity index (χ0) is 15.8. The number of alkyl halides is 1. The van der Waals surface area contributed by atoms with Gasteiger partial charge in [-0.3, -0.25) is 0 Å². The number of halogens is 1. The summed E-state index contributed by atoms with van der Waals surface area (Å²) in [4.78, 5) is 23.7. The van der Waals surface area contributed by atoms with Gasteiger partial charge in [-0.15, -0.1) is 11.6 Å². The van der Waals surface area contributed by atoms with E-state index in [1.807, 2.05) is 0 Å². The molecule has 0 amide bonds. The number of hydrogen-bond donors (Lipinski definition) is 0. The highest BCUT2D eigenvalue weighted by molar-refractivity contribution is 6.18. The van der Waals surface area contributed by atoms with Gasteiger partial charge < -0.3 is 9.47 Å². The van der Waals surface area contributed by atoms with E-state index in [-0.39, 0.29) is 12.5 Å². The summed E-state index contributed by atoms with van der Waals surface area (Å²) in [5.74, 6) is -0.936. The third-order valence-corrected chi connectivity index (χ3v) is 3.21. The van der Waals surface area contributed by atoms with Gasteiger partial charge in [0.2, 0.25) is 0 Å². The van der Waals surface area contributed by atoms with Gasteiger partial charge in [-0.25, -0.2) is 9.59 Å². The predicted octanol–water partition coefficient (Wildman–Crippen LogP) is 3.31. The van der Waals surface area contributed by atoms with Gasteiger partial charge in [0.1, 0.15) is 12.7 Å². The van der Waals surface area contributed by atoms with Crippen LogP contribution in [0.15, 0.2) is 60.7 Å². The van der Waals surface area contributed by atoms with E-state index in [2.05, 4.69) is 0 Å². The molecule has 4 nitrogen and oxygen atoms in total. The minimum atomic E-state index is -0.693. The largest absolute Gasteiger partial charge is 0.458 e. The van der Waals surface area contributed by atoms with Crippen LogP contribution >= 0.6 is 11.6 Å². The SMILES string of the molecule is O=C(OC[C@H](CCl)OC(=O)c1ccccc1)c1ccccc1. The maximum absolute atomic E-state index is 11.9. The standard InChI is InChI=1S/C17H15ClO4/c18-11-15(22-17(20)14-9-5-2-6-10-14)12-21-16(19)13-7-3-1-4-8-13/h1-10,15H,11-12H2/t15-/m0/s1. The Morgan fingerprint density at radius 2 is 1.36 bits per heavy atom. The van der Waals surface area contributed by atoms with Crippen LogP contribution in [0.1, 0.15) is 20.7 Å². The Labute approximate surface area is 133 Å². The van der Waals surface area contributed by atoms with Crippen molar-refractivity contribution in [3.8, 4) is 0 Å². The highest BCUT2D eigenvalue weighted by Gasteiger charge is 2.17. The molecule has 0 saturated heterocycles. The molecule has 1 atom stereocenters. The van der Waals surface area contributed by atoms with Crippen molar-refractivity contribution in [1.82, 2.24) is 0 Å².